The summed E-state index contributed by atoms with van der Waals surface area (Å²) < 4.78 is 15.8. The Labute approximate surface area is 256 Å². The Hall–Kier alpha value is -3.76. The van der Waals surface area contributed by atoms with E-state index in [4.69, 9.17) is 23.2 Å². The number of aromatic nitrogens is 4. The summed E-state index contributed by atoms with van der Waals surface area (Å²) in [7, 11) is 0. The molecule has 0 saturated carbocycles. The summed E-state index contributed by atoms with van der Waals surface area (Å²) in [6.07, 6.45) is 6.91. The summed E-state index contributed by atoms with van der Waals surface area (Å²) in [4.78, 5) is 12.8. The average molecular weight is 626 g/mol. The van der Waals surface area contributed by atoms with Crippen LogP contribution >= 0.6 is 34.5 Å². The Kier molecular flexibility index (Phi) is 8.26. The van der Waals surface area contributed by atoms with Gasteiger partial charge in [-0.3, -0.25) is 0 Å². The molecule has 2 aliphatic rings. The molecule has 0 radical (unpaired) electrons. The van der Waals surface area contributed by atoms with Crippen molar-refractivity contribution in [2.45, 2.75) is 38.0 Å². The fourth-order valence-corrected chi connectivity index (χ4v) is 6.33. The fourth-order valence-electron chi connectivity index (χ4n) is 5.29. The zero-order valence-corrected chi connectivity index (χ0v) is 24.9. The average Bonchev–Trinajstić information content (AvgIpc) is 3.72. The molecule has 1 saturated heterocycles. The lowest BCUT2D eigenvalue weighted by molar-refractivity contribution is 0.186. The maximum Gasteiger partial charge on any atom is 0.187 e. The van der Waals surface area contributed by atoms with Gasteiger partial charge in [0, 0.05) is 35.4 Å². The van der Waals surface area contributed by atoms with Gasteiger partial charge < -0.3 is 15.5 Å². The lowest BCUT2D eigenvalue weighted by Crippen LogP contribution is -2.34. The highest BCUT2D eigenvalue weighted by Crippen LogP contribution is 2.42. The van der Waals surface area contributed by atoms with Gasteiger partial charge in [0.1, 0.15) is 30.1 Å². The third-order valence-corrected chi connectivity index (χ3v) is 8.76. The SMILES string of the molecule is CCN1CCC(n2cc(C(Nc3cc(Cl)c4c(c3)[C@@H](Nc3ccc(F)c(Cl)c3)N(C#N)C=N4)c3cscn3)nn2)CC1. The van der Waals surface area contributed by atoms with Crippen LogP contribution in [-0.2, 0) is 0 Å². The van der Waals surface area contributed by atoms with Crippen LogP contribution in [0, 0.1) is 17.3 Å². The molecule has 42 heavy (non-hydrogen) atoms. The van der Waals surface area contributed by atoms with Gasteiger partial charge in [-0.2, -0.15) is 5.26 Å². The van der Waals surface area contributed by atoms with Gasteiger partial charge in [0.25, 0.3) is 0 Å². The molecule has 2 aromatic carbocycles. The molecule has 4 aromatic rings. The Bertz CT molecular complexity index is 1630. The minimum Gasteiger partial charge on any atom is -0.371 e. The van der Waals surface area contributed by atoms with Crippen LogP contribution in [0.4, 0.5) is 21.5 Å². The topological polar surface area (TPSA) is 110 Å². The van der Waals surface area contributed by atoms with Crippen molar-refractivity contribution in [2.75, 3.05) is 30.3 Å². The standard InChI is InChI=1S/C28H27Cl2FN10S/c1-2-39-7-5-19(6-8-39)41-12-24(37-38-41)27(25-13-42-16-34-25)35-18-9-20-26(22(30)11-18)33-15-40(14-32)28(20)36-17-3-4-23(31)21(29)10-17/h3-4,9-13,15-16,19,27-28,35-36H,2,5-8H2,1H3/t27?,28-/m0/s1. The highest BCUT2D eigenvalue weighted by Gasteiger charge is 2.29. The number of fused-ring (bicyclic) bond motifs is 1. The molecule has 14 heteroatoms. The number of benzene rings is 2. The first-order chi connectivity index (χ1) is 20.4. The molecule has 0 aliphatic carbocycles. The number of halogens is 3. The van der Waals surface area contributed by atoms with Crippen molar-refractivity contribution in [3.8, 4) is 6.19 Å². The van der Waals surface area contributed by atoms with Crippen LogP contribution in [0.1, 0.15) is 55.0 Å². The van der Waals surface area contributed by atoms with E-state index in [0.29, 0.717) is 33.7 Å². The van der Waals surface area contributed by atoms with Gasteiger partial charge in [-0.15, -0.1) is 16.4 Å². The molecule has 2 atom stereocenters. The second-order valence-electron chi connectivity index (χ2n) is 10.1. The predicted molar refractivity (Wildman–Crippen MR) is 163 cm³/mol. The van der Waals surface area contributed by atoms with Crippen molar-refractivity contribution in [3.63, 3.8) is 0 Å². The maximum atomic E-state index is 13.8. The van der Waals surface area contributed by atoms with Crippen LogP contribution in [-0.4, -0.2) is 55.8 Å². The Morgan fingerprint density at radius 3 is 2.67 bits per heavy atom. The highest BCUT2D eigenvalue weighted by atomic mass is 35.5. The van der Waals surface area contributed by atoms with Crippen molar-refractivity contribution in [2.24, 2.45) is 4.99 Å². The molecule has 0 bridgehead atoms. The number of nitriles is 1. The molecular weight excluding hydrogens is 598 g/mol. The third kappa shape index (κ3) is 5.78. The summed E-state index contributed by atoms with van der Waals surface area (Å²) in [5, 5.41) is 28.0. The summed E-state index contributed by atoms with van der Waals surface area (Å²) in [5.74, 6) is -0.532. The third-order valence-electron chi connectivity index (χ3n) is 7.58. The highest BCUT2D eigenvalue weighted by molar-refractivity contribution is 7.07. The van der Waals surface area contributed by atoms with E-state index in [-0.39, 0.29) is 5.02 Å². The summed E-state index contributed by atoms with van der Waals surface area (Å²) in [5.41, 5.74) is 5.70. The predicted octanol–water partition coefficient (Wildman–Crippen LogP) is 6.61. The van der Waals surface area contributed by atoms with Gasteiger partial charge in [0.05, 0.1) is 39.2 Å². The molecule has 216 valence electrons. The number of nitrogens with zero attached hydrogens (tertiary/aromatic N) is 8. The number of hydrogen-bond acceptors (Lipinski definition) is 10. The van der Waals surface area contributed by atoms with Crippen LogP contribution < -0.4 is 10.6 Å². The maximum absolute atomic E-state index is 13.8. The van der Waals surface area contributed by atoms with Gasteiger partial charge in [-0.1, -0.05) is 35.3 Å². The quantitative estimate of drug-likeness (QED) is 0.211. The second kappa shape index (κ2) is 12.2. The van der Waals surface area contributed by atoms with E-state index in [1.165, 1.54) is 34.7 Å². The van der Waals surface area contributed by atoms with Gasteiger partial charge in [-0.25, -0.2) is 23.9 Å². The van der Waals surface area contributed by atoms with Gasteiger partial charge in [-0.05, 0) is 49.7 Å². The first-order valence-electron chi connectivity index (χ1n) is 13.5. The Morgan fingerprint density at radius 2 is 1.95 bits per heavy atom. The molecule has 1 unspecified atom stereocenters. The molecule has 0 spiro atoms. The number of thiazole rings is 1. The van der Waals surface area contributed by atoms with Crippen molar-refractivity contribution in [3.05, 3.63) is 80.2 Å². The Balaban J connectivity index is 1.31. The number of likely N-dealkylation sites (tertiary alicyclic amines) is 1. The molecule has 0 amide bonds. The zero-order chi connectivity index (χ0) is 29.2. The summed E-state index contributed by atoms with van der Waals surface area (Å²) in [6, 6.07) is 7.86. The molecule has 2 aliphatic heterocycles. The molecule has 6 rings (SSSR count). The van der Waals surface area contributed by atoms with Crippen LogP contribution in [0.2, 0.25) is 10.0 Å². The van der Waals surface area contributed by atoms with Crippen molar-refractivity contribution >= 4 is 57.9 Å². The van der Waals surface area contributed by atoms with Gasteiger partial charge in [0.15, 0.2) is 6.19 Å². The molecule has 10 nitrogen and oxygen atoms in total. The van der Waals surface area contributed by atoms with Crippen LogP contribution in [0.25, 0.3) is 0 Å². The number of anilines is 2. The van der Waals surface area contributed by atoms with Gasteiger partial charge >= 0.3 is 0 Å². The number of aliphatic imine (C=N–C) groups is 1. The van der Waals surface area contributed by atoms with Crippen molar-refractivity contribution in [1.82, 2.24) is 29.8 Å². The van der Waals surface area contributed by atoms with Crippen LogP contribution in [0.15, 0.2) is 52.4 Å². The lowest BCUT2D eigenvalue weighted by atomic mass is 10.0. The van der Waals surface area contributed by atoms with E-state index in [9.17, 15) is 9.65 Å². The van der Waals surface area contributed by atoms with Crippen LogP contribution in [0.3, 0.4) is 0 Å². The summed E-state index contributed by atoms with van der Waals surface area (Å²) >= 11 is 14.2. The minimum atomic E-state index is -0.670. The molecule has 2 N–H and O–H groups in total. The van der Waals surface area contributed by atoms with E-state index >= 15 is 0 Å². The number of nitrogens with one attached hydrogen (secondary N) is 2. The zero-order valence-electron chi connectivity index (χ0n) is 22.6. The Morgan fingerprint density at radius 1 is 1.14 bits per heavy atom. The first-order valence-corrected chi connectivity index (χ1v) is 15.2. The van der Waals surface area contributed by atoms with E-state index in [1.54, 1.807) is 17.6 Å². The lowest BCUT2D eigenvalue weighted by Gasteiger charge is -2.31. The fraction of sp³-hybridized carbons (Fsp3) is 0.321. The number of piperidine rings is 1. The number of hydrogen-bond donors (Lipinski definition) is 2. The first kappa shape index (κ1) is 28.4. The monoisotopic (exact) mass is 624 g/mol. The minimum absolute atomic E-state index is 0.0308. The van der Waals surface area contributed by atoms with Crippen LogP contribution in [0.5, 0.6) is 0 Å². The van der Waals surface area contributed by atoms with E-state index < -0.39 is 18.0 Å². The summed E-state index contributed by atoms with van der Waals surface area (Å²) in [6.45, 7) is 5.32. The number of rotatable bonds is 8. The van der Waals surface area contributed by atoms with E-state index in [0.717, 1.165) is 43.9 Å². The van der Waals surface area contributed by atoms with Gasteiger partial charge in [0.2, 0.25) is 0 Å². The van der Waals surface area contributed by atoms with Crippen molar-refractivity contribution in [1.29, 1.82) is 5.26 Å². The van der Waals surface area contributed by atoms with E-state index in [2.05, 4.69) is 48.9 Å². The smallest absolute Gasteiger partial charge is 0.187 e. The molecule has 2 aromatic heterocycles. The second-order valence-corrected chi connectivity index (χ2v) is 11.6. The molecule has 4 heterocycles. The normalized spacial score (nSPS) is 18.0. The molecular formula is C28H27Cl2FN10S. The molecule has 1 fully saturated rings. The van der Waals surface area contributed by atoms with E-state index in [1.807, 2.05) is 22.3 Å². The van der Waals surface area contributed by atoms with Crippen molar-refractivity contribution < 1.29 is 4.39 Å². The largest absolute Gasteiger partial charge is 0.371 e.